The van der Waals surface area contributed by atoms with Crippen LogP contribution in [-0.2, 0) is 0 Å². The fraction of sp³-hybridized carbons (Fsp3) is 0.438. The van der Waals surface area contributed by atoms with Crippen molar-refractivity contribution in [3.8, 4) is 11.5 Å². The average molecular weight is 288 g/mol. The number of rotatable bonds is 6. The molecule has 1 fully saturated rings. The smallest absolute Gasteiger partial charge is 0.235 e. The fourth-order valence-corrected chi connectivity index (χ4v) is 2.62. The highest BCUT2D eigenvalue weighted by molar-refractivity contribution is 5.39. The molecule has 5 heteroatoms. The largest absolute Gasteiger partial charge is 0.490 e. The molecule has 1 aromatic heterocycles. The molecule has 0 amide bonds. The van der Waals surface area contributed by atoms with Gasteiger partial charge in [0.1, 0.15) is 6.26 Å². The minimum atomic E-state index is -0.198. The van der Waals surface area contributed by atoms with Gasteiger partial charge in [-0.15, -0.1) is 0 Å². The van der Waals surface area contributed by atoms with Crippen molar-refractivity contribution in [2.75, 3.05) is 19.7 Å². The highest BCUT2D eigenvalue weighted by Crippen LogP contribution is 2.35. The van der Waals surface area contributed by atoms with E-state index in [-0.39, 0.29) is 6.10 Å². The summed E-state index contributed by atoms with van der Waals surface area (Å²) < 4.78 is 17.3. The van der Waals surface area contributed by atoms with Crippen LogP contribution in [0.1, 0.15) is 25.3 Å². The topological polar surface area (TPSA) is 56.5 Å². The maximum Gasteiger partial charge on any atom is 0.235 e. The Balaban J connectivity index is 1.84. The molecule has 1 saturated heterocycles. The lowest BCUT2D eigenvalue weighted by Crippen LogP contribution is -2.22. The quantitative estimate of drug-likeness (QED) is 0.885. The maximum atomic E-state index is 6.21. The number of ether oxygens (including phenoxy) is 2. The summed E-state index contributed by atoms with van der Waals surface area (Å²) in [4.78, 5) is 4.27. The minimum Gasteiger partial charge on any atom is -0.490 e. The predicted octanol–water partition coefficient (Wildman–Crippen LogP) is 2.80. The van der Waals surface area contributed by atoms with Crippen LogP contribution >= 0.6 is 0 Å². The molecule has 0 saturated carbocycles. The number of nitrogens with one attached hydrogen (secondary N) is 1. The zero-order chi connectivity index (χ0) is 14.5. The number of hydrogen-bond donors (Lipinski definition) is 1. The molecule has 2 heterocycles. The van der Waals surface area contributed by atoms with Gasteiger partial charge in [-0.3, -0.25) is 0 Å². The van der Waals surface area contributed by atoms with Gasteiger partial charge in [0, 0.05) is 12.5 Å². The van der Waals surface area contributed by atoms with Crippen LogP contribution in [0, 0.1) is 5.92 Å². The summed E-state index contributed by atoms with van der Waals surface area (Å²) in [6, 6.07) is 7.72. The van der Waals surface area contributed by atoms with Crippen LogP contribution in [0.5, 0.6) is 11.5 Å². The number of aromatic nitrogens is 1. The molecule has 0 radical (unpaired) electrons. The van der Waals surface area contributed by atoms with Gasteiger partial charge < -0.3 is 19.2 Å². The molecule has 1 aromatic carbocycles. The third-order valence-electron chi connectivity index (χ3n) is 3.62. The fourth-order valence-electron chi connectivity index (χ4n) is 2.62. The second-order valence-electron chi connectivity index (χ2n) is 5.04. The minimum absolute atomic E-state index is 0.198. The number of benzene rings is 1. The Kier molecular flexibility index (Phi) is 4.40. The number of hydrogen-bond acceptors (Lipinski definition) is 5. The van der Waals surface area contributed by atoms with E-state index < -0.39 is 0 Å². The summed E-state index contributed by atoms with van der Waals surface area (Å²) in [5.74, 6) is 2.45. The third kappa shape index (κ3) is 3.19. The molecule has 5 nitrogen and oxygen atoms in total. The van der Waals surface area contributed by atoms with Crippen molar-refractivity contribution in [2.45, 2.75) is 19.4 Å². The second kappa shape index (κ2) is 6.63. The van der Waals surface area contributed by atoms with E-state index in [4.69, 9.17) is 13.9 Å². The zero-order valence-electron chi connectivity index (χ0n) is 12.1. The number of nitrogens with zero attached hydrogens (tertiary/aromatic N) is 1. The molecule has 1 aliphatic heterocycles. The summed E-state index contributed by atoms with van der Waals surface area (Å²) in [6.45, 7) is 4.47. The Bertz CT molecular complexity index is 550. The molecule has 0 aliphatic carbocycles. The Hall–Kier alpha value is -2.01. The molecule has 2 aromatic rings. The molecular formula is C16H20N2O3. The molecule has 3 rings (SSSR count). The SMILES string of the molecule is CCOc1ccccc1O[C@@H](c1ncco1)[C@H]1CCNC1. The lowest BCUT2D eigenvalue weighted by atomic mass is 10.0. The van der Waals surface area contributed by atoms with E-state index in [1.165, 1.54) is 0 Å². The van der Waals surface area contributed by atoms with E-state index in [0.29, 0.717) is 18.4 Å². The first-order chi connectivity index (χ1) is 10.4. The van der Waals surface area contributed by atoms with Gasteiger partial charge in [-0.1, -0.05) is 12.1 Å². The highest BCUT2D eigenvalue weighted by Gasteiger charge is 2.31. The van der Waals surface area contributed by atoms with E-state index in [9.17, 15) is 0 Å². The lowest BCUT2D eigenvalue weighted by Gasteiger charge is -2.22. The van der Waals surface area contributed by atoms with Crippen LogP contribution in [0.25, 0.3) is 0 Å². The molecule has 2 atom stereocenters. The lowest BCUT2D eigenvalue weighted by molar-refractivity contribution is 0.109. The summed E-state index contributed by atoms with van der Waals surface area (Å²) >= 11 is 0. The standard InChI is InChI=1S/C16H20N2O3/c1-2-19-13-5-3-4-6-14(13)21-15(12-7-8-17-11-12)16-18-9-10-20-16/h3-6,9-10,12,15,17H,2,7-8,11H2,1H3/t12-,15+/m0/s1. The van der Waals surface area contributed by atoms with Gasteiger partial charge in [0.25, 0.3) is 0 Å². The molecule has 0 bridgehead atoms. The third-order valence-corrected chi connectivity index (χ3v) is 3.62. The van der Waals surface area contributed by atoms with Crippen molar-refractivity contribution >= 4 is 0 Å². The van der Waals surface area contributed by atoms with Crippen molar-refractivity contribution in [2.24, 2.45) is 5.92 Å². The van der Waals surface area contributed by atoms with Crippen molar-refractivity contribution < 1.29 is 13.9 Å². The van der Waals surface area contributed by atoms with Gasteiger partial charge in [0.15, 0.2) is 17.6 Å². The Labute approximate surface area is 124 Å². The zero-order valence-corrected chi connectivity index (χ0v) is 12.1. The normalized spacial score (nSPS) is 19.4. The summed E-state index contributed by atoms with van der Waals surface area (Å²) in [5, 5.41) is 3.36. The van der Waals surface area contributed by atoms with E-state index >= 15 is 0 Å². The number of para-hydroxylation sites is 2. The van der Waals surface area contributed by atoms with Gasteiger partial charge in [0.05, 0.1) is 12.8 Å². The first kappa shape index (κ1) is 13.9. The number of oxazole rings is 1. The van der Waals surface area contributed by atoms with Crippen LogP contribution in [0.15, 0.2) is 41.1 Å². The molecular weight excluding hydrogens is 268 g/mol. The van der Waals surface area contributed by atoms with Crippen LogP contribution in [0.4, 0.5) is 0 Å². The van der Waals surface area contributed by atoms with E-state index in [0.717, 1.165) is 31.0 Å². The summed E-state index contributed by atoms with van der Waals surface area (Å²) in [5.41, 5.74) is 0. The molecule has 1 aliphatic rings. The molecule has 21 heavy (non-hydrogen) atoms. The van der Waals surface area contributed by atoms with Crippen LogP contribution in [0.3, 0.4) is 0 Å². The Morgan fingerprint density at radius 3 is 2.90 bits per heavy atom. The van der Waals surface area contributed by atoms with Gasteiger partial charge in [0.2, 0.25) is 5.89 Å². The van der Waals surface area contributed by atoms with E-state index in [1.807, 2.05) is 31.2 Å². The summed E-state index contributed by atoms with van der Waals surface area (Å²) in [7, 11) is 0. The maximum absolute atomic E-state index is 6.21. The van der Waals surface area contributed by atoms with Crippen molar-refractivity contribution in [3.05, 3.63) is 42.6 Å². The molecule has 0 unspecified atom stereocenters. The Morgan fingerprint density at radius 1 is 1.38 bits per heavy atom. The van der Waals surface area contributed by atoms with Gasteiger partial charge >= 0.3 is 0 Å². The highest BCUT2D eigenvalue weighted by atomic mass is 16.5. The van der Waals surface area contributed by atoms with Crippen LogP contribution < -0.4 is 14.8 Å². The van der Waals surface area contributed by atoms with E-state index in [2.05, 4.69) is 10.3 Å². The van der Waals surface area contributed by atoms with Crippen LogP contribution in [0.2, 0.25) is 0 Å². The van der Waals surface area contributed by atoms with Crippen molar-refractivity contribution in [1.82, 2.24) is 10.3 Å². The molecule has 112 valence electrons. The first-order valence-corrected chi connectivity index (χ1v) is 7.37. The van der Waals surface area contributed by atoms with E-state index in [1.54, 1.807) is 12.5 Å². The Morgan fingerprint density at radius 2 is 2.24 bits per heavy atom. The molecule has 1 N–H and O–H groups in total. The second-order valence-corrected chi connectivity index (χ2v) is 5.04. The van der Waals surface area contributed by atoms with Crippen molar-refractivity contribution in [1.29, 1.82) is 0 Å². The first-order valence-electron chi connectivity index (χ1n) is 7.37. The average Bonchev–Trinajstić information content (AvgIpc) is 3.20. The van der Waals surface area contributed by atoms with Crippen molar-refractivity contribution in [3.63, 3.8) is 0 Å². The van der Waals surface area contributed by atoms with Gasteiger partial charge in [-0.2, -0.15) is 0 Å². The summed E-state index contributed by atoms with van der Waals surface area (Å²) in [6.07, 6.45) is 4.09. The monoisotopic (exact) mass is 288 g/mol. The van der Waals surface area contributed by atoms with Crippen LogP contribution in [-0.4, -0.2) is 24.7 Å². The van der Waals surface area contributed by atoms with Gasteiger partial charge in [-0.05, 0) is 32.0 Å². The predicted molar refractivity (Wildman–Crippen MR) is 78.5 cm³/mol. The van der Waals surface area contributed by atoms with Gasteiger partial charge in [-0.25, -0.2) is 4.98 Å². The molecule has 0 spiro atoms.